The molecule has 0 atom stereocenters. The topological polar surface area (TPSA) is 52.5 Å². The summed E-state index contributed by atoms with van der Waals surface area (Å²) in [6.45, 7) is 2.27. The molecule has 1 aliphatic heterocycles. The molecule has 0 aliphatic carbocycles. The lowest BCUT2D eigenvalue weighted by Crippen LogP contribution is -2.03. The van der Waals surface area contributed by atoms with Crippen LogP contribution in [0.5, 0.6) is 0 Å². The third kappa shape index (κ3) is 10.9. The van der Waals surface area contributed by atoms with E-state index in [1.807, 2.05) is 0 Å². The summed E-state index contributed by atoms with van der Waals surface area (Å²) < 4.78 is 0. The van der Waals surface area contributed by atoms with Gasteiger partial charge in [-0.25, -0.2) is 0 Å². The van der Waals surface area contributed by atoms with Gasteiger partial charge < -0.3 is 15.5 Å². The van der Waals surface area contributed by atoms with Crippen LogP contribution in [0.15, 0.2) is 35.6 Å². The van der Waals surface area contributed by atoms with E-state index >= 15 is 0 Å². The lowest BCUT2D eigenvalue weighted by molar-refractivity contribution is 0.376. The Labute approximate surface area is 142 Å². The molecule has 0 fully saturated rings. The maximum atomic E-state index is 9.55. The lowest BCUT2D eigenvalue weighted by Gasteiger charge is -2.04. The molecule has 23 heavy (non-hydrogen) atoms. The van der Waals surface area contributed by atoms with Crippen molar-refractivity contribution in [3.63, 3.8) is 0 Å². The quantitative estimate of drug-likeness (QED) is 0.344. The van der Waals surface area contributed by atoms with Gasteiger partial charge >= 0.3 is 0 Å². The van der Waals surface area contributed by atoms with Crippen LogP contribution in [0, 0.1) is 0 Å². The van der Waals surface area contributed by atoms with Gasteiger partial charge in [0, 0.05) is 12.3 Å². The minimum Gasteiger partial charge on any atom is -0.506 e. The summed E-state index contributed by atoms with van der Waals surface area (Å²) in [5, 5.41) is 21.7. The van der Waals surface area contributed by atoms with Gasteiger partial charge in [0.15, 0.2) is 5.88 Å². The van der Waals surface area contributed by atoms with Crippen LogP contribution in [0.1, 0.15) is 90.4 Å². The Morgan fingerprint density at radius 1 is 0.739 bits per heavy atom. The Morgan fingerprint density at radius 2 is 1.26 bits per heavy atom. The van der Waals surface area contributed by atoms with Gasteiger partial charge in [-0.15, -0.1) is 0 Å². The van der Waals surface area contributed by atoms with Crippen LogP contribution < -0.4 is 5.32 Å². The molecule has 3 nitrogen and oxygen atoms in total. The van der Waals surface area contributed by atoms with Gasteiger partial charge in [-0.05, 0) is 24.5 Å². The zero-order valence-corrected chi connectivity index (χ0v) is 14.8. The average molecular weight is 322 g/mol. The summed E-state index contributed by atoms with van der Waals surface area (Å²) in [7, 11) is 0. The highest BCUT2D eigenvalue weighted by Gasteiger charge is 2.03. The minimum atomic E-state index is 0.0965. The van der Waals surface area contributed by atoms with Gasteiger partial charge in [0.05, 0.1) is 0 Å². The Hall–Kier alpha value is -1.38. The van der Waals surface area contributed by atoms with Crippen molar-refractivity contribution < 1.29 is 10.2 Å². The van der Waals surface area contributed by atoms with E-state index in [-0.39, 0.29) is 11.6 Å². The molecule has 1 heterocycles. The van der Waals surface area contributed by atoms with Crippen molar-refractivity contribution in [3.05, 3.63) is 35.6 Å². The third-order valence-corrected chi connectivity index (χ3v) is 4.34. The fourth-order valence-electron chi connectivity index (χ4n) is 2.95. The summed E-state index contributed by atoms with van der Waals surface area (Å²) in [5.74, 6) is 0.262. The molecular formula is C20H35NO2. The molecule has 1 aliphatic rings. The maximum Gasteiger partial charge on any atom is 0.188 e. The molecule has 0 bridgehead atoms. The fourth-order valence-corrected chi connectivity index (χ4v) is 2.95. The Bertz CT molecular complexity index is 396. The van der Waals surface area contributed by atoms with E-state index in [4.69, 9.17) is 0 Å². The Kier molecular flexibility index (Phi) is 11.2. The van der Waals surface area contributed by atoms with Crippen LogP contribution in [0.2, 0.25) is 0 Å². The van der Waals surface area contributed by atoms with Crippen LogP contribution in [0.3, 0.4) is 0 Å². The highest BCUT2D eigenvalue weighted by molar-refractivity contribution is 5.30. The number of aliphatic hydroxyl groups excluding tert-OH is 2. The molecule has 0 aromatic rings. The number of hydrogen-bond donors (Lipinski definition) is 3. The Balaban J connectivity index is 1.94. The Morgan fingerprint density at radius 3 is 1.83 bits per heavy atom. The highest BCUT2D eigenvalue weighted by Crippen LogP contribution is 2.17. The van der Waals surface area contributed by atoms with Gasteiger partial charge in [-0.3, -0.25) is 0 Å². The van der Waals surface area contributed by atoms with Crippen molar-refractivity contribution >= 4 is 0 Å². The number of aliphatic hydroxyl groups is 2. The van der Waals surface area contributed by atoms with E-state index in [0.29, 0.717) is 0 Å². The second-order valence-corrected chi connectivity index (χ2v) is 6.60. The summed E-state index contributed by atoms with van der Waals surface area (Å²) in [5.41, 5.74) is 0.980. The molecule has 0 unspecified atom stereocenters. The molecule has 0 amide bonds. The monoisotopic (exact) mass is 321 g/mol. The summed E-state index contributed by atoms with van der Waals surface area (Å²) in [6, 6.07) is 0. The molecule has 0 saturated carbocycles. The number of nitrogens with one attached hydrogen (secondary N) is 1. The van der Waals surface area contributed by atoms with E-state index in [0.717, 1.165) is 18.4 Å². The summed E-state index contributed by atoms with van der Waals surface area (Å²) in [6.07, 6.45) is 21.8. The second-order valence-electron chi connectivity index (χ2n) is 6.60. The molecule has 0 aromatic carbocycles. The van der Waals surface area contributed by atoms with E-state index in [1.165, 1.54) is 76.8 Å². The van der Waals surface area contributed by atoms with Crippen molar-refractivity contribution in [2.75, 3.05) is 0 Å². The largest absolute Gasteiger partial charge is 0.506 e. The first-order valence-electron chi connectivity index (χ1n) is 9.49. The van der Waals surface area contributed by atoms with E-state index in [1.54, 1.807) is 12.2 Å². The van der Waals surface area contributed by atoms with Gasteiger partial charge in [-0.1, -0.05) is 77.6 Å². The fraction of sp³-hybridized carbons (Fsp3) is 0.700. The normalized spacial score (nSPS) is 14.6. The number of unbranched alkanes of at least 4 members (excludes halogenated alkanes) is 11. The molecule has 3 heteroatoms. The first-order chi connectivity index (χ1) is 11.2. The predicted molar refractivity (Wildman–Crippen MR) is 98.3 cm³/mol. The van der Waals surface area contributed by atoms with E-state index < -0.39 is 0 Å². The predicted octanol–water partition coefficient (Wildman–Crippen LogP) is 6.41. The van der Waals surface area contributed by atoms with E-state index in [2.05, 4.69) is 12.2 Å². The molecule has 3 N–H and O–H groups in total. The summed E-state index contributed by atoms with van der Waals surface area (Å²) >= 11 is 0. The van der Waals surface area contributed by atoms with Gasteiger partial charge in [0.2, 0.25) is 0 Å². The molecule has 0 radical (unpaired) electrons. The first-order valence-corrected chi connectivity index (χ1v) is 9.49. The lowest BCUT2D eigenvalue weighted by atomic mass is 10.0. The van der Waals surface area contributed by atoms with Crippen molar-refractivity contribution in [1.82, 2.24) is 5.32 Å². The first kappa shape index (κ1) is 19.7. The van der Waals surface area contributed by atoms with Crippen LogP contribution in [0.4, 0.5) is 0 Å². The van der Waals surface area contributed by atoms with Crippen LogP contribution in [-0.4, -0.2) is 10.2 Å². The van der Waals surface area contributed by atoms with Gasteiger partial charge in [0.25, 0.3) is 0 Å². The van der Waals surface area contributed by atoms with Crippen molar-refractivity contribution in [3.8, 4) is 0 Å². The van der Waals surface area contributed by atoms with Crippen LogP contribution in [0.25, 0.3) is 0 Å². The SMILES string of the molecule is CCCCCCCCCCCCCCC1=CC(O)=CNC(O)=C1. The second kappa shape index (κ2) is 13.1. The van der Waals surface area contributed by atoms with Gasteiger partial charge in [0.1, 0.15) is 5.76 Å². The molecular weight excluding hydrogens is 286 g/mol. The van der Waals surface area contributed by atoms with Crippen LogP contribution in [-0.2, 0) is 0 Å². The minimum absolute atomic E-state index is 0.0965. The van der Waals surface area contributed by atoms with E-state index in [9.17, 15) is 10.2 Å². The number of allylic oxidation sites excluding steroid dienone is 3. The van der Waals surface area contributed by atoms with Crippen LogP contribution >= 0.6 is 0 Å². The molecule has 0 saturated heterocycles. The smallest absolute Gasteiger partial charge is 0.188 e. The molecule has 1 rings (SSSR count). The van der Waals surface area contributed by atoms with Gasteiger partial charge in [-0.2, -0.15) is 0 Å². The number of hydrogen-bond acceptors (Lipinski definition) is 3. The van der Waals surface area contributed by atoms with Crippen molar-refractivity contribution in [2.24, 2.45) is 0 Å². The molecule has 132 valence electrons. The standard InChI is InChI=1S/C20H35NO2/c1-2-3-4-5-6-7-8-9-10-11-12-13-14-18-15-19(22)17-21-20(23)16-18/h15-17,21-23H,2-14H2,1H3. The molecule has 0 spiro atoms. The van der Waals surface area contributed by atoms with Crippen molar-refractivity contribution in [2.45, 2.75) is 90.4 Å². The summed E-state index contributed by atoms with van der Waals surface area (Å²) in [4.78, 5) is 0. The highest BCUT2D eigenvalue weighted by atomic mass is 16.3. The van der Waals surface area contributed by atoms with Crippen molar-refractivity contribution in [1.29, 1.82) is 0 Å². The number of rotatable bonds is 13. The third-order valence-electron chi connectivity index (χ3n) is 4.34. The maximum absolute atomic E-state index is 9.55. The average Bonchev–Trinajstić information content (AvgIpc) is 2.69. The zero-order valence-electron chi connectivity index (χ0n) is 14.8. The zero-order chi connectivity index (χ0) is 16.8. The molecule has 0 aromatic heterocycles.